The Morgan fingerprint density at radius 3 is 2.75 bits per heavy atom. The fraction of sp³-hybridized carbons (Fsp3) is 0.125. The molecule has 0 heterocycles. The summed E-state index contributed by atoms with van der Waals surface area (Å²) in [5.41, 5.74) is 0.113. The van der Waals surface area contributed by atoms with E-state index in [1.807, 2.05) is 0 Å². The summed E-state index contributed by atoms with van der Waals surface area (Å²) in [7, 11) is 1.29. The largest absolute Gasteiger partial charge is 0.502 e. The van der Waals surface area contributed by atoms with Crippen molar-refractivity contribution in [3.05, 3.63) is 23.5 Å². The third-order valence-electron chi connectivity index (χ3n) is 1.38. The van der Waals surface area contributed by atoms with Crippen LogP contribution in [0, 0.1) is 17.1 Å². The SMILES string of the molecule is COc1cc(C#N)cc(F)c1O. The van der Waals surface area contributed by atoms with E-state index in [0.717, 1.165) is 6.07 Å². The first-order valence-corrected chi connectivity index (χ1v) is 3.15. The monoisotopic (exact) mass is 167 g/mol. The van der Waals surface area contributed by atoms with Crippen LogP contribution in [0.3, 0.4) is 0 Å². The van der Waals surface area contributed by atoms with Gasteiger partial charge in [0.15, 0.2) is 17.3 Å². The van der Waals surface area contributed by atoms with Crippen LogP contribution in [0.4, 0.5) is 4.39 Å². The minimum atomic E-state index is -0.856. The second kappa shape index (κ2) is 3.09. The molecule has 0 amide bonds. The molecule has 0 unspecified atom stereocenters. The van der Waals surface area contributed by atoms with Crippen molar-refractivity contribution in [1.29, 1.82) is 5.26 Å². The van der Waals surface area contributed by atoms with Crippen molar-refractivity contribution >= 4 is 0 Å². The highest BCUT2D eigenvalue weighted by molar-refractivity contribution is 5.46. The molecule has 0 saturated heterocycles. The average Bonchev–Trinajstić information content (AvgIpc) is 2.09. The van der Waals surface area contributed by atoms with E-state index < -0.39 is 11.6 Å². The lowest BCUT2D eigenvalue weighted by molar-refractivity contribution is 0.357. The molecule has 0 radical (unpaired) electrons. The Bertz CT molecular complexity index is 344. The number of aromatic hydroxyl groups is 1. The minimum absolute atomic E-state index is 0.0356. The summed E-state index contributed by atoms with van der Waals surface area (Å²) < 4.78 is 17.4. The Morgan fingerprint density at radius 1 is 1.58 bits per heavy atom. The van der Waals surface area contributed by atoms with Crippen LogP contribution in [0.2, 0.25) is 0 Å². The lowest BCUT2D eigenvalue weighted by Gasteiger charge is -2.03. The number of hydrogen-bond donors (Lipinski definition) is 1. The summed E-state index contributed by atoms with van der Waals surface area (Å²) in [5.74, 6) is -1.46. The summed E-state index contributed by atoms with van der Waals surface area (Å²) in [6, 6.07) is 3.94. The summed E-state index contributed by atoms with van der Waals surface area (Å²) in [4.78, 5) is 0. The van der Waals surface area contributed by atoms with Gasteiger partial charge in [0.05, 0.1) is 18.7 Å². The number of nitriles is 1. The lowest BCUT2D eigenvalue weighted by Crippen LogP contribution is -1.88. The van der Waals surface area contributed by atoms with Gasteiger partial charge in [-0.15, -0.1) is 0 Å². The van der Waals surface area contributed by atoms with Gasteiger partial charge in [0.2, 0.25) is 0 Å². The Kier molecular flexibility index (Phi) is 2.15. The van der Waals surface area contributed by atoms with E-state index in [-0.39, 0.29) is 11.3 Å². The molecule has 0 aliphatic rings. The molecule has 0 aliphatic carbocycles. The maximum Gasteiger partial charge on any atom is 0.194 e. The quantitative estimate of drug-likeness (QED) is 0.688. The number of halogens is 1. The van der Waals surface area contributed by atoms with Gasteiger partial charge in [-0.05, 0) is 6.07 Å². The molecule has 1 aromatic carbocycles. The normalized spacial score (nSPS) is 9.08. The summed E-state index contributed by atoms with van der Waals surface area (Å²) in [6.45, 7) is 0. The number of benzene rings is 1. The van der Waals surface area contributed by atoms with E-state index in [0.29, 0.717) is 0 Å². The molecule has 1 rings (SSSR count). The highest BCUT2D eigenvalue weighted by Crippen LogP contribution is 2.29. The standard InChI is InChI=1S/C8H6FNO2/c1-12-7-3-5(4-10)2-6(9)8(7)11/h2-3,11H,1H3. The van der Waals surface area contributed by atoms with Crippen LogP contribution in [-0.4, -0.2) is 12.2 Å². The van der Waals surface area contributed by atoms with Crippen LogP contribution in [0.15, 0.2) is 12.1 Å². The van der Waals surface area contributed by atoms with Crippen LogP contribution in [0.1, 0.15) is 5.56 Å². The number of ether oxygens (including phenoxy) is 1. The molecule has 0 atom stereocenters. The van der Waals surface area contributed by atoms with E-state index in [4.69, 9.17) is 10.4 Å². The number of rotatable bonds is 1. The Balaban J connectivity index is 3.31. The van der Waals surface area contributed by atoms with E-state index in [2.05, 4.69) is 4.74 Å². The molecular formula is C8H6FNO2. The highest BCUT2D eigenvalue weighted by Gasteiger charge is 2.09. The second-order valence-corrected chi connectivity index (χ2v) is 2.12. The summed E-state index contributed by atoms with van der Waals surface area (Å²) >= 11 is 0. The third-order valence-corrected chi connectivity index (χ3v) is 1.38. The van der Waals surface area contributed by atoms with Crippen molar-refractivity contribution in [2.45, 2.75) is 0 Å². The van der Waals surface area contributed by atoms with Crippen molar-refractivity contribution in [3.8, 4) is 17.6 Å². The minimum Gasteiger partial charge on any atom is -0.502 e. The Morgan fingerprint density at radius 2 is 2.25 bits per heavy atom. The molecule has 0 bridgehead atoms. The van der Waals surface area contributed by atoms with Gasteiger partial charge in [0.25, 0.3) is 0 Å². The smallest absolute Gasteiger partial charge is 0.194 e. The third kappa shape index (κ3) is 1.30. The predicted octanol–water partition coefficient (Wildman–Crippen LogP) is 1.41. The molecule has 1 N–H and O–H groups in total. The fourth-order valence-electron chi connectivity index (χ4n) is 0.794. The van der Waals surface area contributed by atoms with Crippen LogP contribution in [-0.2, 0) is 0 Å². The van der Waals surface area contributed by atoms with Crippen LogP contribution < -0.4 is 4.74 Å². The topological polar surface area (TPSA) is 53.2 Å². The van der Waals surface area contributed by atoms with Gasteiger partial charge in [-0.25, -0.2) is 4.39 Å². The Hall–Kier alpha value is -1.76. The molecular weight excluding hydrogens is 161 g/mol. The van der Waals surface area contributed by atoms with E-state index >= 15 is 0 Å². The van der Waals surface area contributed by atoms with E-state index in [1.165, 1.54) is 13.2 Å². The van der Waals surface area contributed by atoms with Gasteiger partial charge in [0, 0.05) is 6.07 Å². The van der Waals surface area contributed by atoms with E-state index in [1.54, 1.807) is 6.07 Å². The summed E-state index contributed by atoms with van der Waals surface area (Å²) in [5, 5.41) is 17.4. The first kappa shape index (κ1) is 8.34. The van der Waals surface area contributed by atoms with Crippen LogP contribution >= 0.6 is 0 Å². The zero-order valence-corrected chi connectivity index (χ0v) is 6.34. The number of nitrogens with zero attached hydrogens (tertiary/aromatic N) is 1. The maximum absolute atomic E-state index is 12.7. The molecule has 0 aromatic heterocycles. The number of phenols is 1. The molecule has 4 heteroatoms. The number of phenolic OH excluding ortho intramolecular Hbond substituents is 1. The predicted molar refractivity (Wildman–Crippen MR) is 39.3 cm³/mol. The fourth-order valence-corrected chi connectivity index (χ4v) is 0.794. The van der Waals surface area contributed by atoms with Gasteiger partial charge in [-0.2, -0.15) is 5.26 Å². The highest BCUT2D eigenvalue weighted by atomic mass is 19.1. The molecule has 62 valence electrons. The van der Waals surface area contributed by atoms with Gasteiger partial charge in [0.1, 0.15) is 0 Å². The van der Waals surface area contributed by atoms with Crippen molar-refractivity contribution in [1.82, 2.24) is 0 Å². The van der Waals surface area contributed by atoms with Gasteiger partial charge >= 0.3 is 0 Å². The molecule has 0 fully saturated rings. The number of methoxy groups -OCH3 is 1. The van der Waals surface area contributed by atoms with E-state index in [9.17, 15) is 4.39 Å². The van der Waals surface area contributed by atoms with Crippen molar-refractivity contribution in [3.63, 3.8) is 0 Å². The molecule has 1 aromatic rings. The molecule has 3 nitrogen and oxygen atoms in total. The average molecular weight is 167 g/mol. The molecule has 0 saturated carbocycles. The molecule has 0 spiro atoms. The van der Waals surface area contributed by atoms with Gasteiger partial charge in [-0.1, -0.05) is 0 Å². The summed E-state index contributed by atoms with van der Waals surface area (Å²) in [6.07, 6.45) is 0. The lowest BCUT2D eigenvalue weighted by atomic mass is 10.2. The Labute approximate surface area is 68.6 Å². The van der Waals surface area contributed by atoms with Crippen molar-refractivity contribution < 1.29 is 14.2 Å². The maximum atomic E-state index is 12.7. The van der Waals surface area contributed by atoms with Crippen molar-refractivity contribution in [2.75, 3.05) is 7.11 Å². The van der Waals surface area contributed by atoms with Gasteiger partial charge in [-0.3, -0.25) is 0 Å². The van der Waals surface area contributed by atoms with Crippen LogP contribution in [0.25, 0.3) is 0 Å². The second-order valence-electron chi connectivity index (χ2n) is 2.12. The molecule has 12 heavy (non-hydrogen) atoms. The first-order chi connectivity index (χ1) is 5.69. The molecule has 0 aliphatic heterocycles. The van der Waals surface area contributed by atoms with Crippen molar-refractivity contribution in [2.24, 2.45) is 0 Å². The zero-order chi connectivity index (χ0) is 9.14. The van der Waals surface area contributed by atoms with Crippen LogP contribution in [0.5, 0.6) is 11.5 Å². The zero-order valence-electron chi connectivity index (χ0n) is 6.34. The van der Waals surface area contributed by atoms with Gasteiger partial charge < -0.3 is 9.84 Å². The first-order valence-electron chi connectivity index (χ1n) is 3.15. The number of hydrogen-bond acceptors (Lipinski definition) is 3.